The molecule has 0 amide bonds. The molecule has 80 valence electrons. The number of rotatable bonds is 3. The maximum absolute atomic E-state index is 10.8. The largest absolute Gasteiger partial charge is 0.377 e. The summed E-state index contributed by atoms with van der Waals surface area (Å²) in [4.78, 5) is 12.0. The second-order valence-electron chi connectivity index (χ2n) is 3.26. The molecule has 0 atom stereocenters. The third kappa shape index (κ3) is 2.47. The molecule has 0 saturated carbocycles. The van der Waals surface area contributed by atoms with E-state index in [4.69, 9.17) is 11.6 Å². The molecule has 0 unspecified atom stereocenters. The predicted octanol–water partition coefficient (Wildman–Crippen LogP) is 2.78. The summed E-state index contributed by atoms with van der Waals surface area (Å²) in [6, 6.07) is 4.53. The molecule has 1 aromatic carbocycles. The number of benzene rings is 1. The summed E-state index contributed by atoms with van der Waals surface area (Å²) < 4.78 is 0. The topological polar surface area (TPSA) is 46.4 Å². The molecule has 1 rings (SSSR count). The van der Waals surface area contributed by atoms with Gasteiger partial charge in [0.15, 0.2) is 0 Å². The van der Waals surface area contributed by atoms with Crippen molar-refractivity contribution in [1.82, 2.24) is 4.90 Å². The van der Waals surface area contributed by atoms with Crippen molar-refractivity contribution < 1.29 is 4.92 Å². The molecule has 1 aromatic rings. The summed E-state index contributed by atoms with van der Waals surface area (Å²) in [6.45, 7) is 3.78. The first-order valence-corrected chi connectivity index (χ1v) is 4.62. The van der Waals surface area contributed by atoms with Crippen molar-refractivity contribution in [3.8, 4) is 0 Å². The number of nitro groups is 1. The van der Waals surface area contributed by atoms with E-state index in [1.54, 1.807) is 31.1 Å². The van der Waals surface area contributed by atoms with Crippen molar-refractivity contribution in [2.75, 3.05) is 14.1 Å². The van der Waals surface area contributed by atoms with Gasteiger partial charge in [-0.2, -0.15) is 0 Å². The lowest BCUT2D eigenvalue weighted by molar-refractivity contribution is -0.385. The van der Waals surface area contributed by atoms with Crippen LogP contribution < -0.4 is 0 Å². The minimum absolute atomic E-state index is 0.0267. The zero-order valence-electron chi connectivity index (χ0n) is 8.53. The van der Waals surface area contributed by atoms with Crippen LogP contribution >= 0.6 is 11.6 Å². The molecule has 0 bridgehead atoms. The standard InChI is InChI=1S/C10H11ClN2O2/c1-7(12(2)3)9-5-4-8(11)6-10(9)13(14)15/h4-6H,1H2,2-3H3. The zero-order valence-corrected chi connectivity index (χ0v) is 9.28. The van der Waals surface area contributed by atoms with Gasteiger partial charge in [-0.15, -0.1) is 0 Å². The lowest BCUT2D eigenvalue weighted by Crippen LogP contribution is -2.10. The maximum atomic E-state index is 10.8. The minimum atomic E-state index is -0.462. The number of nitrogens with zero attached hydrogens (tertiary/aromatic N) is 2. The van der Waals surface area contributed by atoms with Crippen LogP contribution in [0.15, 0.2) is 24.8 Å². The van der Waals surface area contributed by atoms with Gasteiger partial charge in [0.1, 0.15) is 0 Å². The van der Waals surface area contributed by atoms with Crippen molar-refractivity contribution in [1.29, 1.82) is 0 Å². The summed E-state index contributed by atoms with van der Waals surface area (Å²) in [6.07, 6.45) is 0. The Morgan fingerprint density at radius 3 is 2.60 bits per heavy atom. The van der Waals surface area contributed by atoms with Gasteiger partial charge < -0.3 is 4.90 Å². The molecular formula is C10H11ClN2O2. The Labute approximate surface area is 92.9 Å². The molecule has 0 fully saturated rings. The molecular weight excluding hydrogens is 216 g/mol. The first-order chi connectivity index (χ1) is 6.93. The molecule has 4 nitrogen and oxygen atoms in total. The van der Waals surface area contributed by atoms with Gasteiger partial charge >= 0.3 is 0 Å². The van der Waals surface area contributed by atoms with Gasteiger partial charge in [-0.05, 0) is 12.1 Å². The third-order valence-electron chi connectivity index (χ3n) is 2.01. The molecule has 0 aromatic heterocycles. The summed E-state index contributed by atoms with van der Waals surface area (Å²) >= 11 is 5.70. The Kier molecular flexibility index (Phi) is 3.31. The van der Waals surface area contributed by atoms with Gasteiger partial charge in [-0.3, -0.25) is 10.1 Å². The van der Waals surface area contributed by atoms with Gasteiger partial charge in [-0.1, -0.05) is 18.2 Å². The van der Waals surface area contributed by atoms with Crippen LogP contribution in [0.4, 0.5) is 5.69 Å². The highest BCUT2D eigenvalue weighted by molar-refractivity contribution is 6.30. The van der Waals surface area contributed by atoms with Crippen molar-refractivity contribution >= 4 is 23.0 Å². The van der Waals surface area contributed by atoms with Crippen molar-refractivity contribution in [2.45, 2.75) is 0 Å². The van der Waals surface area contributed by atoms with E-state index in [0.29, 0.717) is 16.3 Å². The van der Waals surface area contributed by atoms with Crippen LogP contribution in [0.1, 0.15) is 5.56 Å². The molecule has 0 aliphatic heterocycles. The average molecular weight is 227 g/mol. The predicted molar refractivity (Wildman–Crippen MR) is 60.8 cm³/mol. The fourth-order valence-corrected chi connectivity index (χ4v) is 1.31. The fraction of sp³-hybridized carbons (Fsp3) is 0.200. The quantitative estimate of drug-likeness (QED) is 0.588. The monoisotopic (exact) mass is 226 g/mol. The van der Waals surface area contributed by atoms with Crippen LogP contribution in [0.5, 0.6) is 0 Å². The molecule has 0 radical (unpaired) electrons. The molecule has 0 saturated heterocycles. The van der Waals surface area contributed by atoms with E-state index in [9.17, 15) is 10.1 Å². The van der Waals surface area contributed by atoms with Crippen LogP contribution in [0.3, 0.4) is 0 Å². The first-order valence-electron chi connectivity index (χ1n) is 4.24. The highest BCUT2D eigenvalue weighted by Gasteiger charge is 2.17. The smallest absolute Gasteiger partial charge is 0.280 e. The summed E-state index contributed by atoms with van der Waals surface area (Å²) in [5.74, 6) is 0. The van der Waals surface area contributed by atoms with Gasteiger partial charge in [0.25, 0.3) is 5.69 Å². The second kappa shape index (κ2) is 4.31. The zero-order chi connectivity index (χ0) is 11.6. The van der Waals surface area contributed by atoms with E-state index in [1.807, 2.05) is 0 Å². The van der Waals surface area contributed by atoms with Crippen LogP contribution in [-0.2, 0) is 0 Å². The van der Waals surface area contributed by atoms with Gasteiger partial charge in [-0.25, -0.2) is 0 Å². The third-order valence-corrected chi connectivity index (χ3v) is 2.24. The van der Waals surface area contributed by atoms with E-state index >= 15 is 0 Å². The van der Waals surface area contributed by atoms with E-state index in [2.05, 4.69) is 6.58 Å². The lowest BCUT2D eigenvalue weighted by Gasteiger charge is -2.15. The Morgan fingerprint density at radius 2 is 2.13 bits per heavy atom. The fourth-order valence-electron chi connectivity index (χ4n) is 1.14. The summed E-state index contributed by atoms with van der Waals surface area (Å²) in [5, 5.41) is 11.1. The van der Waals surface area contributed by atoms with Gasteiger partial charge in [0, 0.05) is 30.9 Å². The number of halogens is 1. The molecule has 0 heterocycles. The van der Waals surface area contributed by atoms with Crippen LogP contribution in [0, 0.1) is 10.1 Å². The summed E-state index contributed by atoms with van der Waals surface area (Å²) in [5.41, 5.74) is 1.04. The van der Waals surface area contributed by atoms with Crippen LogP contribution in [0.2, 0.25) is 5.02 Å². The molecule has 0 aliphatic carbocycles. The Morgan fingerprint density at radius 1 is 1.53 bits per heavy atom. The van der Waals surface area contributed by atoms with E-state index in [1.165, 1.54) is 6.07 Å². The normalized spacial score (nSPS) is 9.80. The van der Waals surface area contributed by atoms with Crippen molar-refractivity contribution in [3.05, 3.63) is 45.5 Å². The Bertz CT molecular complexity index is 416. The van der Waals surface area contributed by atoms with Crippen molar-refractivity contribution in [3.63, 3.8) is 0 Å². The first kappa shape index (κ1) is 11.5. The lowest BCUT2D eigenvalue weighted by atomic mass is 10.1. The second-order valence-corrected chi connectivity index (χ2v) is 3.70. The molecule has 5 heteroatoms. The van der Waals surface area contributed by atoms with Crippen molar-refractivity contribution in [2.24, 2.45) is 0 Å². The SMILES string of the molecule is C=C(c1ccc(Cl)cc1[N+](=O)[O-])N(C)C. The van der Waals surface area contributed by atoms with Crippen LogP contribution in [-0.4, -0.2) is 23.9 Å². The van der Waals surface area contributed by atoms with Gasteiger partial charge in [0.2, 0.25) is 0 Å². The number of nitro benzene ring substituents is 1. The van der Waals surface area contributed by atoms with Crippen LogP contribution in [0.25, 0.3) is 5.70 Å². The summed E-state index contributed by atoms with van der Waals surface area (Å²) in [7, 11) is 3.56. The van der Waals surface area contributed by atoms with Gasteiger partial charge in [0.05, 0.1) is 10.5 Å². The van der Waals surface area contributed by atoms with E-state index in [0.717, 1.165) is 0 Å². The molecule has 15 heavy (non-hydrogen) atoms. The number of hydrogen-bond acceptors (Lipinski definition) is 3. The highest BCUT2D eigenvalue weighted by atomic mass is 35.5. The minimum Gasteiger partial charge on any atom is -0.377 e. The molecule has 0 aliphatic rings. The highest BCUT2D eigenvalue weighted by Crippen LogP contribution is 2.28. The Hall–Kier alpha value is -1.55. The van der Waals surface area contributed by atoms with E-state index in [-0.39, 0.29) is 5.69 Å². The number of hydrogen-bond donors (Lipinski definition) is 0. The Balaban J connectivity index is 3.29. The molecule has 0 spiro atoms. The average Bonchev–Trinajstić information content (AvgIpc) is 2.16. The maximum Gasteiger partial charge on any atom is 0.280 e. The molecule has 0 N–H and O–H groups in total. The van der Waals surface area contributed by atoms with E-state index < -0.39 is 4.92 Å².